The van der Waals surface area contributed by atoms with Gasteiger partial charge in [0.1, 0.15) is 5.69 Å². The number of hydrogen-bond donors (Lipinski definition) is 1. The number of esters is 1. The topological polar surface area (TPSA) is 90.7 Å². The van der Waals surface area contributed by atoms with Crippen molar-refractivity contribution in [3.05, 3.63) is 40.0 Å². The van der Waals surface area contributed by atoms with Crippen LogP contribution in [0.25, 0.3) is 6.08 Å². The molecule has 0 spiro atoms. The molecule has 0 heterocycles. The van der Waals surface area contributed by atoms with E-state index in [1.807, 2.05) is 0 Å². The number of anilines is 1. The van der Waals surface area contributed by atoms with Crippen LogP contribution in [0.15, 0.2) is 24.3 Å². The second kappa shape index (κ2) is 7.73. The first-order valence-electron chi connectivity index (χ1n) is 7.37. The molecule has 7 heteroatoms. The number of benzene rings is 1. The maximum Gasteiger partial charge on any atom is 0.330 e. The summed E-state index contributed by atoms with van der Waals surface area (Å²) in [5.41, 5.74) is 1.03. The highest BCUT2D eigenvalue weighted by Gasteiger charge is 2.26. The SMILES string of the molecule is COC(=O)/C=C/c1ccc(NC2CCC(OC)C2)c([N+](=O)[O-])c1. The minimum atomic E-state index is -0.508. The zero-order chi connectivity index (χ0) is 16.8. The van der Waals surface area contributed by atoms with Crippen molar-refractivity contribution in [1.82, 2.24) is 0 Å². The molecule has 0 amide bonds. The average molecular weight is 320 g/mol. The number of carbonyl (C=O) groups is 1. The van der Waals surface area contributed by atoms with Gasteiger partial charge in [-0.2, -0.15) is 0 Å². The lowest BCUT2D eigenvalue weighted by atomic mass is 10.1. The lowest BCUT2D eigenvalue weighted by Crippen LogP contribution is -2.18. The number of nitrogens with one attached hydrogen (secondary N) is 1. The fraction of sp³-hybridized carbons (Fsp3) is 0.438. The summed E-state index contributed by atoms with van der Waals surface area (Å²) >= 11 is 0. The van der Waals surface area contributed by atoms with Gasteiger partial charge in [-0.05, 0) is 37.0 Å². The van der Waals surface area contributed by atoms with Gasteiger partial charge in [0.25, 0.3) is 5.69 Å². The molecule has 1 aromatic rings. The number of methoxy groups -OCH3 is 2. The molecule has 1 aliphatic carbocycles. The largest absolute Gasteiger partial charge is 0.466 e. The van der Waals surface area contributed by atoms with Crippen molar-refractivity contribution in [1.29, 1.82) is 0 Å². The molecule has 0 bridgehead atoms. The van der Waals surface area contributed by atoms with Gasteiger partial charge in [-0.1, -0.05) is 6.07 Å². The number of nitro groups is 1. The van der Waals surface area contributed by atoms with Gasteiger partial charge in [0.15, 0.2) is 0 Å². The molecule has 0 aromatic heterocycles. The molecule has 2 rings (SSSR count). The van der Waals surface area contributed by atoms with Gasteiger partial charge in [0, 0.05) is 25.3 Å². The Morgan fingerprint density at radius 1 is 1.39 bits per heavy atom. The van der Waals surface area contributed by atoms with E-state index >= 15 is 0 Å². The van der Waals surface area contributed by atoms with Crippen molar-refractivity contribution in [2.75, 3.05) is 19.5 Å². The predicted octanol–water partition coefficient (Wildman–Crippen LogP) is 2.76. The van der Waals surface area contributed by atoms with E-state index in [-0.39, 0.29) is 17.8 Å². The van der Waals surface area contributed by atoms with Gasteiger partial charge >= 0.3 is 5.97 Å². The molecule has 2 atom stereocenters. The molecule has 1 fully saturated rings. The van der Waals surface area contributed by atoms with E-state index < -0.39 is 10.9 Å². The van der Waals surface area contributed by atoms with Crippen molar-refractivity contribution in [2.45, 2.75) is 31.4 Å². The summed E-state index contributed by atoms with van der Waals surface area (Å²) in [7, 11) is 2.95. The van der Waals surface area contributed by atoms with E-state index in [0.717, 1.165) is 19.3 Å². The van der Waals surface area contributed by atoms with Crippen LogP contribution in [0.3, 0.4) is 0 Å². The van der Waals surface area contributed by atoms with Crippen molar-refractivity contribution < 1.29 is 19.2 Å². The zero-order valence-corrected chi connectivity index (χ0v) is 13.2. The third kappa shape index (κ3) is 4.53. The highest BCUT2D eigenvalue weighted by atomic mass is 16.6. The Hall–Kier alpha value is -2.41. The number of nitro benzene ring substituents is 1. The number of hydrogen-bond acceptors (Lipinski definition) is 6. The van der Waals surface area contributed by atoms with Crippen molar-refractivity contribution in [2.24, 2.45) is 0 Å². The third-order valence-electron chi connectivity index (χ3n) is 3.91. The van der Waals surface area contributed by atoms with Gasteiger partial charge in [-0.3, -0.25) is 10.1 Å². The average Bonchev–Trinajstić information content (AvgIpc) is 3.00. The van der Waals surface area contributed by atoms with Crippen LogP contribution >= 0.6 is 0 Å². The first-order valence-corrected chi connectivity index (χ1v) is 7.37. The minimum absolute atomic E-state index is 0.0158. The second-order valence-electron chi connectivity index (χ2n) is 5.40. The predicted molar refractivity (Wildman–Crippen MR) is 86.2 cm³/mol. The first-order chi connectivity index (χ1) is 11.0. The quantitative estimate of drug-likeness (QED) is 0.375. The van der Waals surface area contributed by atoms with Gasteiger partial charge in [0.2, 0.25) is 0 Å². The maximum atomic E-state index is 11.3. The summed E-state index contributed by atoms with van der Waals surface area (Å²) in [6, 6.07) is 4.98. The number of rotatable bonds is 6. The van der Waals surface area contributed by atoms with Crippen molar-refractivity contribution >= 4 is 23.4 Å². The van der Waals surface area contributed by atoms with Crippen LogP contribution in [0, 0.1) is 10.1 Å². The normalized spacial score (nSPS) is 20.6. The Bertz CT molecular complexity index is 614. The van der Waals surface area contributed by atoms with Gasteiger partial charge in [0.05, 0.1) is 18.1 Å². The molecule has 2 unspecified atom stereocenters. The maximum absolute atomic E-state index is 11.3. The Kier molecular flexibility index (Phi) is 5.70. The van der Waals surface area contributed by atoms with Crippen LogP contribution in [0.2, 0.25) is 0 Å². The van der Waals surface area contributed by atoms with Crippen LogP contribution < -0.4 is 5.32 Å². The molecule has 23 heavy (non-hydrogen) atoms. The number of nitrogens with zero attached hydrogens (tertiary/aromatic N) is 1. The lowest BCUT2D eigenvalue weighted by molar-refractivity contribution is -0.384. The molecule has 1 aromatic carbocycles. The standard InChI is InChI=1S/C16H20N2O5/c1-22-13-6-5-12(10-13)17-14-7-3-11(4-8-16(19)23-2)9-15(14)18(20)21/h3-4,7-9,12-13,17H,5-6,10H2,1-2H3/b8-4+. The Labute approximate surface area is 134 Å². The van der Waals surface area contributed by atoms with E-state index in [1.54, 1.807) is 19.2 Å². The van der Waals surface area contributed by atoms with Crippen molar-refractivity contribution in [3.63, 3.8) is 0 Å². The fourth-order valence-corrected chi connectivity index (χ4v) is 2.66. The summed E-state index contributed by atoms with van der Waals surface area (Å²) < 4.78 is 9.81. The number of carbonyl (C=O) groups excluding carboxylic acids is 1. The summed E-state index contributed by atoms with van der Waals surface area (Å²) in [5, 5.41) is 14.5. The molecule has 1 aliphatic rings. The third-order valence-corrected chi connectivity index (χ3v) is 3.91. The van der Waals surface area contributed by atoms with E-state index in [4.69, 9.17) is 4.74 Å². The van der Waals surface area contributed by atoms with Gasteiger partial charge in [-0.15, -0.1) is 0 Å². The van der Waals surface area contributed by atoms with Crippen LogP contribution in [-0.2, 0) is 14.3 Å². The molecule has 124 valence electrons. The van der Waals surface area contributed by atoms with Gasteiger partial charge < -0.3 is 14.8 Å². The Balaban J connectivity index is 2.15. The van der Waals surface area contributed by atoms with Crippen LogP contribution in [0.1, 0.15) is 24.8 Å². The van der Waals surface area contributed by atoms with Crippen LogP contribution in [0.4, 0.5) is 11.4 Å². The smallest absolute Gasteiger partial charge is 0.330 e. The van der Waals surface area contributed by atoms with E-state index in [9.17, 15) is 14.9 Å². The molecular formula is C16H20N2O5. The van der Waals surface area contributed by atoms with E-state index in [2.05, 4.69) is 10.1 Å². The molecule has 0 saturated heterocycles. The Morgan fingerprint density at radius 2 is 2.17 bits per heavy atom. The summed E-state index contributed by atoms with van der Waals surface area (Å²) in [4.78, 5) is 22.0. The van der Waals surface area contributed by atoms with E-state index in [0.29, 0.717) is 11.3 Å². The van der Waals surface area contributed by atoms with Crippen molar-refractivity contribution in [3.8, 4) is 0 Å². The summed E-state index contributed by atoms with van der Waals surface area (Å²) in [6.45, 7) is 0. The molecule has 7 nitrogen and oxygen atoms in total. The summed E-state index contributed by atoms with van der Waals surface area (Å²) in [5.74, 6) is -0.508. The highest BCUT2D eigenvalue weighted by molar-refractivity contribution is 5.87. The van der Waals surface area contributed by atoms with E-state index in [1.165, 1.54) is 25.3 Å². The molecule has 1 N–H and O–H groups in total. The lowest BCUT2D eigenvalue weighted by Gasteiger charge is -2.14. The van der Waals surface area contributed by atoms with Crippen LogP contribution in [-0.4, -0.2) is 37.3 Å². The number of ether oxygens (including phenoxy) is 2. The Morgan fingerprint density at radius 3 is 2.78 bits per heavy atom. The first kappa shape index (κ1) is 17.0. The fourth-order valence-electron chi connectivity index (χ4n) is 2.66. The monoisotopic (exact) mass is 320 g/mol. The van der Waals surface area contributed by atoms with Gasteiger partial charge in [-0.25, -0.2) is 4.79 Å². The second-order valence-corrected chi connectivity index (χ2v) is 5.40. The minimum Gasteiger partial charge on any atom is -0.466 e. The van der Waals surface area contributed by atoms with Crippen LogP contribution in [0.5, 0.6) is 0 Å². The summed E-state index contributed by atoms with van der Waals surface area (Å²) in [6.07, 6.45) is 5.61. The highest BCUT2D eigenvalue weighted by Crippen LogP contribution is 2.31. The molecule has 0 radical (unpaired) electrons. The molecule has 1 saturated carbocycles. The molecular weight excluding hydrogens is 300 g/mol. The zero-order valence-electron chi connectivity index (χ0n) is 13.2. The molecule has 0 aliphatic heterocycles.